The summed E-state index contributed by atoms with van der Waals surface area (Å²) in [4.78, 5) is 20.7. The Kier molecular flexibility index (Phi) is 4.56. The van der Waals surface area contributed by atoms with Gasteiger partial charge in [-0.25, -0.2) is 4.98 Å². The Bertz CT molecular complexity index is 515. The number of aromatic nitrogens is 2. The summed E-state index contributed by atoms with van der Waals surface area (Å²) in [5.41, 5.74) is -0.196. The number of anilines is 1. The average molecular weight is 295 g/mol. The number of likely N-dealkylation sites (N-methyl/N-ethyl adjacent to an activating group) is 1. The molecule has 1 aromatic heterocycles. The second-order valence-corrected chi connectivity index (χ2v) is 5.52. The molecule has 1 fully saturated rings. The first kappa shape index (κ1) is 15.4. The molecule has 0 bridgehead atoms. The minimum atomic E-state index is -0.516. The fraction of sp³-hybridized carbons (Fsp3) is 0.692. The van der Waals surface area contributed by atoms with Crippen molar-refractivity contribution >= 4 is 11.5 Å². The van der Waals surface area contributed by atoms with Crippen LogP contribution in [0.2, 0.25) is 0 Å². The van der Waals surface area contributed by atoms with E-state index in [0.717, 1.165) is 12.8 Å². The largest absolute Gasteiger partial charge is 0.476 e. The topological polar surface area (TPSA) is 93.4 Å². The first-order chi connectivity index (χ1) is 10.00. The van der Waals surface area contributed by atoms with Crippen LogP contribution in [0.3, 0.4) is 0 Å². The molecule has 0 aliphatic heterocycles. The zero-order valence-corrected chi connectivity index (χ0v) is 12.6. The van der Waals surface area contributed by atoms with Gasteiger partial charge >= 0.3 is 5.69 Å². The summed E-state index contributed by atoms with van der Waals surface area (Å²) in [6, 6.07) is 0. The Morgan fingerprint density at radius 1 is 1.43 bits per heavy atom. The molecule has 116 valence electrons. The number of hydrogen-bond donors (Lipinski definition) is 1. The lowest BCUT2D eigenvalue weighted by molar-refractivity contribution is -0.385. The molecule has 0 spiro atoms. The lowest BCUT2D eigenvalue weighted by Gasteiger charge is -2.36. The molecule has 1 aliphatic rings. The Morgan fingerprint density at radius 2 is 2.10 bits per heavy atom. The van der Waals surface area contributed by atoms with Crippen LogP contribution >= 0.6 is 0 Å². The van der Waals surface area contributed by atoms with Gasteiger partial charge in [0.1, 0.15) is 6.33 Å². The smallest absolute Gasteiger partial charge is 0.372 e. The number of rotatable bonds is 6. The van der Waals surface area contributed by atoms with Crippen molar-refractivity contribution in [1.82, 2.24) is 14.9 Å². The van der Waals surface area contributed by atoms with Crippen LogP contribution in [-0.4, -0.2) is 53.1 Å². The van der Waals surface area contributed by atoms with Crippen molar-refractivity contribution in [2.75, 3.05) is 33.1 Å². The van der Waals surface area contributed by atoms with E-state index >= 15 is 0 Å². The van der Waals surface area contributed by atoms with Gasteiger partial charge in [0.2, 0.25) is 5.82 Å². The average Bonchev–Trinajstić information content (AvgIpc) is 2.94. The second-order valence-electron chi connectivity index (χ2n) is 5.52. The molecule has 1 heterocycles. The van der Waals surface area contributed by atoms with Crippen molar-refractivity contribution in [2.24, 2.45) is 0 Å². The van der Waals surface area contributed by atoms with Gasteiger partial charge in [0.15, 0.2) is 0 Å². The normalized spacial score (nSPS) is 17.0. The van der Waals surface area contributed by atoms with Crippen LogP contribution in [0, 0.1) is 10.1 Å². The van der Waals surface area contributed by atoms with Crippen molar-refractivity contribution in [3.8, 4) is 5.88 Å². The molecule has 0 aromatic carbocycles. The maximum atomic E-state index is 11.2. The molecule has 21 heavy (non-hydrogen) atoms. The highest BCUT2D eigenvalue weighted by molar-refractivity contribution is 5.61. The first-order valence-corrected chi connectivity index (χ1v) is 6.95. The van der Waals surface area contributed by atoms with Crippen LogP contribution in [0.15, 0.2) is 6.33 Å². The molecule has 1 N–H and O–H groups in total. The van der Waals surface area contributed by atoms with Gasteiger partial charge < -0.3 is 15.0 Å². The van der Waals surface area contributed by atoms with Gasteiger partial charge in [-0.15, -0.1) is 0 Å². The number of hydrogen-bond acceptors (Lipinski definition) is 7. The fourth-order valence-electron chi connectivity index (χ4n) is 2.87. The van der Waals surface area contributed by atoms with E-state index in [0.29, 0.717) is 6.54 Å². The van der Waals surface area contributed by atoms with Gasteiger partial charge in [-0.2, -0.15) is 4.98 Å². The summed E-state index contributed by atoms with van der Waals surface area (Å²) in [6.45, 7) is 0.612. The summed E-state index contributed by atoms with van der Waals surface area (Å²) in [6.07, 6.45) is 5.77. The summed E-state index contributed by atoms with van der Waals surface area (Å²) in [7, 11) is 5.45. The van der Waals surface area contributed by atoms with Crippen LogP contribution in [0.4, 0.5) is 11.5 Å². The maximum Gasteiger partial charge on any atom is 0.372 e. The van der Waals surface area contributed by atoms with E-state index in [-0.39, 0.29) is 22.9 Å². The quantitative estimate of drug-likeness (QED) is 0.630. The van der Waals surface area contributed by atoms with Crippen molar-refractivity contribution < 1.29 is 9.66 Å². The molecule has 1 saturated carbocycles. The third kappa shape index (κ3) is 3.05. The van der Waals surface area contributed by atoms with E-state index in [1.807, 2.05) is 14.1 Å². The van der Waals surface area contributed by atoms with E-state index < -0.39 is 4.92 Å². The van der Waals surface area contributed by atoms with Crippen molar-refractivity contribution in [2.45, 2.75) is 31.2 Å². The van der Waals surface area contributed by atoms with Gasteiger partial charge in [-0.05, 0) is 26.9 Å². The Labute approximate surface area is 123 Å². The lowest BCUT2D eigenvalue weighted by Crippen LogP contribution is -2.47. The molecule has 8 nitrogen and oxygen atoms in total. The Morgan fingerprint density at radius 3 is 2.62 bits per heavy atom. The molecule has 2 rings (SSSR count). The highest BCUT2D eigenvalue weighted by atomic mass is 16.6. The summed E-state index contributed by atoms with van der Waals surface area (Å²) < 4.78 is 4.95. The molecule has 0 unspecified atom stereocenters. The molecule has 8 heteroatoms. The molecular formula is C13H21N5O3. The minimum absolute atomic E-state index is 0.0199. The predicted octanol–water partition coefficient (Wildman–Crippen LogP) is 1.68. The molecule has 0 amide bonds. The molecule has 1 aliphatic carbocycles. The van der Waals surface area contributed by atoms with E-state index in [2.05, 4.69) is 20.2 Å². The predicted molar refractivity (Wildman–Crippen MR) is 78.6 cm³/mol. The van der Waals surface area contributed by atoms with Gasteiger partial charge in [0.25, 0.3) is 5.88 Å². The highest BCUT2D eigenvalue weighted by Crippen LogP contribution is 2.35. The minimum Gasteiger partial charge on any atom is -0.476 e. The van der Waals surface area contributed by atoms with Gasteiger partial charge in [-0.1, -0.05) is 12.8 Å². The third-order valence-electron chi connectivity index (χ3n) is 4.23. The van der Waals surface area contributed by atoms with Crippen LogP contribution in [0.25, 0.3) is 0 Å². The summed E-state index contributed by atoms with van der Waals surface area (Å²) in [5, 5.41) is 14.3. The fourth-order valence-corrected chi connectivity index (χ4v) is 2.87. The van der Waals surface area contributed by atoms with Crippen molar-refractivity contribution in [1.29, 1.82) is 0 Å². The van der Waals surface area contributed by atoms with Gasteiger partial charge in [-0.3, -0.25) is 10.1 Å². The van der Waals surface area contributed by atoms with Crippen molar-refractivity contribution in [3.05, 3.63) is 16.4 Å². The SMILES string of the molecule is COc1ncnc(NCC2(N(C)C)CCCC2)c1[N+](=O)[O-]. The number of methoxy groups -OCH3 is 1. The zero-order valence-electron chi connectivity index (χ0n) is 12.6. The highest BCUT2D eigenvalue weighted by Gasteiger charge is 2.36. The monoisotopic (exact) mass is 295 g/mol. The van der Waals surface area contributed by atoms with Crippen LogP contribution < -0.4 is 10.1 Å². The number of nitrogens with zero attached hydrogens (tertiary/aromatic N) is 4. The lowest BCUT2D eigenvalue weighted by atomic mass is 9.96. The molecular weight excluding hydrogens is 274 g/mol. The van der Waals surface area contributed by atoms with Crippen LogP contribution in [0.5, 0.6) is 5.88 Å². The third-order valence-corrected chi connectivity index (χ3v) is 4.23. The number of nitro groups is 1. The van der Waals surface area contributed by atoms with E-state index in [1.165, 1.54) is 26.3 Å². The summed E-state index contributed by atoms with van der Waals surface area (Å²) in [5.74, 6) is 0.183. The number of nitrogens with one attached hydrogen (secondary N) is 1. The van der Waals surface area contributed by atoms with Crippen LogP contribution in [0.1, 0.15) is 25.7 Å². The summed E-state index contributed by atoms with van der Waals surface area (Å²) >= 11 is 0. The standard InChI is InChI=1S/C13H21N5O3/c1-17(2)13(6-4-5-7-13)8-14-11-10(18(19)20)12(21-3)16-9-15-11/h9H,4-8H2,1-3H3,(H,14,15,16). The second kappa shape index (κ2) is 6.21. The number of ether oxygens (including phenoxy) is 1. The van der Waals surface area contributed by atoms with Gasteiger partial charge in [0.05, 0.1) is 12.0 Å². The van der Waals surface area contributed by atoms with E-state index in [1.54, 1.807) is 0 Å². The zero-order chi connectivity index (χ0) is 15.5. The van der Waals surface area contributed by atoms with E-state index in [4.69, 9.17) is 4.74 Å². The van der Waals surface area contributed by atoms with Crippen molar-refractivity contribution in [3.63, 3.8) is 0 Å². The molecule has 0 radical (unpaired) electrons. The molecule has 1 aromatic rings. The Hall–Kier alpha value is -1.96. The van der Waals surface area contributed by atoms with Crippen LogP contribution in [-0.2, 0) is 0 Å². The first-order valence-electron chi connectivity index (χ1n) is 6.95. The Balaban J connectivity index is 2.22. The van der Waals surface area contributed by atoms with Gasteiger partial charge in [0, 0.05) is 12.1 Å². The van der Waals surface area contributed by atoms with E-state index in [9.17, 15) is 10.1 Å². The molecule has 0 atom stereocenters. The molecule has 0 saturated heterocycles. The maximum absolute atomic E-state index is 11.2.